The van der Waals surface area contributed by atoms with Crippen molar-refractivity contribution < 1.29 is 14.6 Å². The number of hydrogen-bond acceptors (Lipinski definition) is 4. The minimum Gasteiger partial charge on any atom is -0.508 e. The van der Waals surface area contributed by atoms with Crippen LogP contribution in [0.3, 0.4) is 0 Å². The molecule has 0 fully saturated rings. The van der Waals surface area contributed by atoms with Crippen LogP contribution in [0.15, 0.2) is 18.2 Å². The number of carbonyl (C=O) groups excluding carboxylic acids is 1. The van der Waals surface area contributed by atoms with E-state index in [0.29, 0.717) is 17.0 Å². The number of benzene rings is 1. The second kappa shape index (κ2) is 5.08. The fraction of sp³-hybridized carbons (Fsp3) is 0.385. The predicted molar refractivity (Wildman–Crippen MR) is 70.5 cm³/mol. The van der Waals surface area contributed by atoms with Gasteiger partial charge in [-0.2, -0.15) is 0 Å². The highest BCUT2D eigenvalue weighted by Crippen LogP contribution is 2.23. The van der Waals surface area contributed by atoms with Gasteiger partial charge in [-0.15, -0.1) is 0 Å². The van der Waals surface area contributed by atoms with Crippen LogP contribution < -0.4 is 5.32 Å². The van der Waals surface area contributed by atoms with Crippen LogP contribution in [0.4, 0.5) is 10.5 Å². The Hall–Kier alpha value is -2.04. The zero-order chi connectivity index (χ0) is 13.9. The molecule has 0 atom stereocenters. The molecule has 0 spiro atoms. The fourth-order valence-corrected chi connectivity index (χ4v) is 1.38. The Morgan fingerprint density at radius 1 is 1.39 bits per heavy atom. The number of nitrogens with one attached hydrogen (secondary N) is 2. The SMILES string of the molecule is CC(=N)c1ccc(O)cc1NC(=O)OC(C)(C)C. The number of carbonyl (C=O) groups is 1. The van der Waals surface area contributed by atoms with Gasteiger partial charge in [-0.05, 0) is 39.8 Å². The van der Waals surface area contributed by atoms with Crippen LogP contribution in [0.1, 0.15) is 33.3 Å². The van der Waals surface area contributed by atoms with Crippen LogP contribution in [0, 0.1) is 5.41 Å². The molecule has 18 heavy (non-hydrogen) atoms. The first-order valence-corrected chi connectivity index (χ1v) is 5.57. The molecule has 1 rings (SSSR count). The van der Waals surface area contributed by atoms with Crippen LogP contribution in [0.2, 0.25) is 0 Å². The van der Waals surface area contributed by atoms with Crippen molar-refractivity contribution in [3.05, 3.63) is 23.8 Å². The van der Waals surface area contributed by atoms with Crippen LogP contribution in [-0.2, 0) is 4.74 Å². The molecule has 5 nitrogen and oxygen atoms in total. The molecule has 0 heterocycles. The summed E-state index contributed by atoms with van der Waals surface area (Å²) >= 11 is 0. The van der Waals surface area contributed by atoms with Gasteiger partial charge < -0.3 is 15.3 Å². The first kappa shape index (κ1) is 14.0. The second-order valence-corrected chi connectivity index (χ2v) is 4.98. The van der Waals surface area contributed by atoms with E-state index in [1.165, 1.54) is 12.1 Å². The van der Waals surface area contributed by atoms with Gasteiger partial charge in [-0.1, -0.05) is 0 Å². The molecule has 0 aromatic heterocycles. The zero-order valence-electron chi connectivity index (χ0n) is 11.0. The topological polar surface area (TPSA) is 82.4 Å². The van der Waals surface area contributed by atoms with Crippen LogP contribution in [-0.4, -0.2) is 22.5 Å². The average molecular weight is 250 g/mol. The van der Waals surface area contributed by atoms with Crippen molar-refractivity contribution in [2.45, 2.75) is 33.3 Å². The average Bonchev–Trinajstić information content (AvgIpc) is 2.13. The highest BCUT2D eigenvalue weighted by molar-refractivity contribution is 6.04. The first-order chi connectivity index (χ1) is 8.19. The molecule has 1 aromatic carbocycles. The molecule has 0 saturated heterocycles. The summed E-state index contributed by atoms with van der Waals surface area (Å²) in [5.74, 6) is 0.0195. The Kier molecular flexibility index (Phi) is 3.96. The number of aromatic hydroxyl groups is 1. The fourth-order valence-electron chi connectivity index (χ4n) is 1.38. The lowest BCUT2D eigenvalue weighted by Crippen LogP contribution is -2.27. The Labute approximate surface area is 106 Å². The third-order valence-electron chi connectivity index (χ3n) is 2.04. The lowest BCUT2D eigenvalue weighted by atomic mass is 10.1. The lowest BCUT2D eigenvalue weighted by molar-refractivity contribution is 0.0636. The van der Waals surface area contributed by atoms with Gasteiger partial charge in [0.25, 0.3) is 0 Å². The molecule has 0 bridgehead atoms. The Bertz CT molecular complexity index is 476. The standard InChI is InChI=1S/C13H18N2O3/c1-8(14)10-6-5-9(16)7-11(10)15-12(17)18-13(2,3)4/h5-7,14,16H,1-4H3,(H,15,17). The highest BCUT2D eigenvalue weighted by atomic mass is 16.6. The van der Waals surface area contributed by atoms with Gasteiger partial charge in [0.05, 0.1) is 5.69 Å². The van der Waals surface area contributed by atoms with Crippen LogP contribution in [0.25, 0.3) is 0 Å². The van der Waals surface area contributed by atoms with Crippen LogP contribution >= 0.6 is 0 Å². The van der Waals surface area contributed by atoms with Crippen molar-refractivity contribution in [3.63, 3.8) is 0 Å². The minimum absolute atomic E-state index is 0.0195. The van der Waals surface area contributed by atoms with E-state index in [0.717, 1.165) is 0 Å². The van der Waals surface area contributed by atoms with E-state index in [9.17, 15) is 9.90 Å². The van der Waals surface area contributed by atoms with Gasteiger partial charge in [0.1, 0.15) is 11.4 Å². The van der Waals surface area contributed by atoms with E-state index in [4.69, 9.17) is 10.1 Å². The number of anilines is 1. The molecule has 98 valence electrons. The Morgan fingerprint density at radius 3 is 2.50 bits per heavy atom. The summed E-state index contributed by atoms with van der Waals surface area (Å²) in [7, 11) is 0. The van der Waals surface area contributed by atoms with E-state index < -0.39 is 11.7 Å². The lowest BCUT2D eigenvalue weighted by Gasteiger charge is -2.20. The summed E-state index contributed by atoms with van der Waals surface area (Å²) in [6.07, 6.45) is -0.615. The maximum Gasteiger partial charge on any atom is 0.412 e. The predicted octanol–water partition coefficient (Wildman–Crippen LogP) is 3.13. The van der Waals surface area contributed by atoms with Gasteiger partial charge in [-0.25, -0.2) is 4.79 Å². The van der Waals surface area contributed by atoms with Crippen molar-refractivity contribution in [3.8, 4) is 5.75 Å². The molecule has 0 saturated carbocycles. The Balaban J connectivity index is 2.93. The van der Waals surface area contributed by atoms with E-state index in [1.54, 1.807) is 33.8 Å². The summed E-state index contributed by atoms with van der Waals surface area (Å²) in [6, 6.07) is 4.43. The van der Waals surface area contributed by atoms with Gasteiger partial charge in [0.2, 0.25) is 0 Å². The smallest absolute Gasteiger partial charge is 0.412 e. The maximum atomic E-state index is 11.6. The monoisotopic (exact) mass is 250 g/mol. The van der Waals surface area contributed by atoms with Gasteiger partial charge in [0.15, 0.2) is 0 Å². The normalized spacial score (nSPS) is 10.9. The van der Waals surface area contributed by atoms with Crippen molar-refractivity contribution >= 4 is 17.5 Å². The summed E-state index contributed by atoms with van der Waals surface area (Å²) in [6.45, 7) is 6.89. The Morgan fingerprint density at radius 2 is 2.00 bits per heavy atom. The van der Waals surface area contributed by atoms with E-state index >= 15 is 0 Å². The molecule has 1 amide bonds. The molecule has 1 aromatic rings. The highest BCUT2D eigenvalue weighted by Gasteiger charge is 2.17. The first-order valence-electron chi connectivity index (χ1n) is 5.57. The molecule has 0 aliphatic rings. The summed E-state index contributed by atoms with van der Waals surface area (Å²) in [5, 5.41) is 19.5. The number of hydrogen-bond donors (Lipinski definition) is 3. The van der Waals surface area contributed by atoms with E-state index in [1.807, 2.05) is 0 Å². The van der Waals surface area contributed by atoms with E-state index in [-0.39, 0.29) is 5.75 Å². The molecule has 5 heteroatoms. The molecule has 0 unspecified atom stereocenters. The van der Waals surface area contributed by atoms with Crippen molar-refractivity contribution in [1.82, 2.24) is 0 Å². The third kappa shape index (κ3) is 4.08. The molecule has 0 radical (unpaired) electrons. The number of ether oxygens (including phenoxy) is 1. The summed E-state index contributed by atoms with van der Waals surface area (Å²) < 4.78 is 5.11. The van der Waals surface area contributed by atoms with E-state index in [2.05, 4.69) is 5.32 Å². The quantitative estimate of drug-likeness (QED) is 0.705. The molecule has 0 aliphatic carbocycles. The van der Waals surface area contributed by atoms with Crippen molar-refractivity contribution in [2.24, 2.45) is 0 Å². The van der Waals surface area contributed by atoms with Crippen LogP contribution in [0.5, 0.6) is 5.75 Å². The molecular formula is C13H18N2O3. The van der Waals surface area contributed by atoms with Crippen molar-refractivity contribution in [2.75, 3.05) is 5.32 Å². The second-order valence-electron chi connectivity index (χ2n) is 4.98. The van der Waals surface area contributed by atoms with Gasteiger partial charge in [0, 0.05) is 17.3 Å². The summed E-state index contributed by atoms with van der Waals surface area (Å²) in [5.41, 5.74) is 0.595. The zero-order valence-corrected chi connectivity index (χ0v) is 11.0. The summed E-state index contributed by atoms with van der Waals surface area (Å²) in [4.78, 5) is 11.6. The molecule has 0 aliphatic heterocycles. The molecular weight excluding hydrogens is 232 g/mol. The number of phenolic OH excluding ortho intramolecular Hbond substituents is 1. The largest absolute Gasteiger partial charge is 0.508 e. The minimum atomic E-state index is -0.615. The van der Waals surface area contributed by atoms with Crippen molar-refractivity contribution in [1.29, 1.82) is 5.41 Å². The number of rotatable bonds is 2. The maximum absolute atomic E-state index is 11.6. The van der Waals surface area contributed by atoms with Gasteiger partial charge >= 0.3 is 6.09 Å². The number of phenols is 1. The third-order valence-corrected chi connectivity index (χ3v) is 2.04. The van der Waals surface area contributed by atoms with Gasteiger partial charge in [-0.3, -0.25) is 5.32 Å². The molecule has 3 N–H and O–H groups in total. The number of amides is 1.